The minimum atomic E-state index is -0.277. The third-order valence-corrected chi connectivity index (χ3v) is 8.04. The molecule has 0 aliphatic carbocycles. The molecule has 4 aromatic carbocycles. The van der Waals surface area contributed by atoms with E-state index in [1.807, 2.05) is 23.2 Å². The maximum atomic E-state index is 13.4. The number of hydrogen-bond donors (Lipinski definition) is 2. The van der Waals surface area contributed by atoms with Gasteiger partial charge in [-0.2, -0.15) is 0 Å². The van der Waals surface area contributed by atoms with Crippen LogP contribution in [0.3, 0.4) is 0 Å². The number of aliphatic imine (C=N–C) groups is 1. The van der Waals surface area contributed by atoms with E-state index in [0.717, 1.165) is 22.4 Å². The van der Waals surface area contributed by atoms with Crippen molar-refractivity contribution in [3.8, 4) is 11.5 Å². The molecule has 3 N–H and O–H groups in total. The summed E-state index contributed by atoms with van der Waals surface area (Å²) >= 11 is 1.51. The maximum absolute atomic E-state index is 13.4. The summed E-state index contributed by atoms with van der Waals surface area (Å²) in [6.45, 7) is 4.19. The van der Waals surface area contributed by atoms with Crippen molar-refractivity contribution in [1.29, 1.82) is 0 Å². The number of thioether (sulfide) groups is 1. The fourth-order valence-electron chi connectivity index (χ4n) is 4.59. The van der Waals surface area contributed by atoms with Gasteiger partial charge in [0.1, 0.15) is 23.6 Å². The Labute approximate surface area is 270 Å². The van der Waals surface area contributed by atoms with E-state index in [1.165, 1.54) is 30.2 Å². The van der Waals surface area contributed by atoms with E-state index in [4.69, 9.17) is 15.5 Å². The SMILES string of the molecule is C=C1N=C(SCc2ccc(F)cc2)N(c2ccc(C(=O)Nc3ccc(Oc4ccc(N)cc4)cc3)cc2)C=C1Cc1cncnc1. The zero-order valence-corrected chi connectivity index (χ0v) is 25.5. The number of carbonyl (C=O) groups excluding carboxylic acids is 1. The van der Waals surface area contributed by atoms with Crippen LogP contribution in [0.2, 0.25) is 0 Å². The molecule has 0 saturated heterocycles. The second-order valence-electron chi connectivity index (χ2n) is 10.4. The van der Waals surface area contributed by atoms with E-state index in [9.17, 15) is 9.18 Å². The molecule has 10 heteroatoms. The number of rotatable bonds is 9. The van der Waals surface area contributed by atoms with Gasteiger partial charge >= 0.3 is 0 Å². The normalized spacial score (nSPS) is 12.7. The number of nitrogens with one attached hydrogen (secondary N) is 1. The highest BCUT2D eigenvalue weighted by Crippen LogP contribution is 2.31. The van der Waals surface area contributed by atoms with E-state index in [0.29, 0.717) is 51.5 Å². The topological polar surface area (TPSA) is 106 Å². The van der Waals surface area contributed by atoms with Gasteiger partial charge in [0.05, 0.1) is 5.70 Å². The quantitative estimate of drug-likeness (QED) is 0.159. The molecule has 46 heavy (non-hydrogen) atoms. The number of carbonyl (C=O) groups is 1. The summed E-state index contributed by atoms with van der Waals surface area (Å²) in [5.41, 5.74) is 11.8. The fourth-order valence-corrected chi connectivity index (χ4v) is 5.55. The Hall–Kier alpha value is -5.74. The summed E-state index contributed by atoms with van der Waals surface area (Å²) in [6.07, 6.45) is 7.58. The predicted molar refractivity (Wildman–Crippen MR) is 182 cm³/mol. The largest absolute Gasteiger partial charge is 0.457 e. The van der Waals surface area contributed by atoms with Crippen LogP contribution in [0.1, 0.15) is 21.5 Å². The van der Waals surface area contributed by atoms with E-state index in [2.05, 4.69) is 21.9 Å². The van der Waals surface area contributed by atoms with Crippen molar-refractivity contribution in [3.05, 3.63) is 162 Å². The molecule has 1 amide bonds. The van der Waals surface area contributed by atoms with Crippen LogP contribution >= 0.6 is 11.8 Å². The average Bonchev–Trinajstić information content (AvgIpc) is 3.08. The zero-order valence-electron chi connectivity index (χ0n) is 24.6. The minimum Gasteiger partial charge on any atom is -0.457 e. The first-order valence-corrected chi connectivity index (χ1v) is 15.3. The molecule has 1 aliphatic rings. The minimum absolute atomic E-state index is 0.245. The third-order valence-electron chi connectivity index (χ3n) is 7.02. The van der Waals surface area contributed by atoms with Gasteiger partial charge in [-0.25, -0.2) is 19.4 Å². The monoisotopic (exact) mass is 628 g/mol. The molecule has 0 bridgehead atoms. The first-order valence-electron chi connectivity index (χ1n) is 14.3. The van der Waals surface area contributed by atoms with Crippen LogP contribution < -0.4 is 20.7 Å². The smallest absolute Gasteiger partial charge is 0.255 e. The molecule has 1 aromatic heterocycles. The van der Waals surface area contributed by atoms with Gasteiger partial charge in [-0.1, -0.05) is 30.5 Å². The molecule has 0 saturated carbocycles. The number of anilines is 3. The summed E-state index contributed by atoms with van der Waals surface area (Å²) in [7, 11) is 0. The average molecular weight is 629 g/mol. The first kappa shape index (κ1) is 30.3. The number of amides is 1. The number of amidine groups is 1. The Morgan fingerprint density at radius 1 is 0.870 bits per heavy atom. The lowest BCUT2D eigenvalue weighted by Crippen LogP contribution is -2.27. The van der Waals surface area contributed by atoms with Crippen LogP contribution in [-0.2, 0) is 12.2 Å². The molecule has 8 nitrogen and oxygen atoms in total. The van der Waals surface area contributed by atoms with Gasteiger partial charge in [0.2, 0.25) is 0 Å². The highest BCUT2D eigenvalue weighted by atomic mass is 32.2. The second-order valence-corrected chi connectivity index (χ2v) is 11.3. The molecular weight excluding hydrogens is 600 g/mol. The molecule has 1 aliphatic heterocycles. The zero-order chi connectivity index (χ0) is 31.9. The maximum Gasteiger partial charge on any atom is 0.255 e. The number of nitrogens with zero attached hydrogens (tertiary/aromatic N) is 4. The number of halogens is 1. The van der Waals surface area contributed by atoms with Crippen LogP contribution in [-0.4, -0.2) is 21.0 Å². The molecule has 2 heterocycles. The molecule has 0 atom stereocenters. The van der Waals surface area contributed by atoms with E-state index < -0.39 is 0 Å². The Morgan fingerprint density at radius 2 is 1.52 bits per heavy atom. The molecule has 0 spiro atoms. The van der Waals surface area contributed by atoms with Gasteiger partial charge in [-0.15, -0.1) is 0 Å². The van der Waals surface area contributed by atoms with Crippen LogP contribution in [0, 0.1) is 5.82 Å². The fraction of sp³-hybridized carbons (Fsp3) is 0.0556. The molecule has 5 aromatic rings. The van der Waals surface area contributed by atoms with Crippen LogP contribution in [0.5, 0.6) is 11.5 Å². The first-order chi connectivity index (χ1) is 22.4. The number of aromatic nitrogens is 2. The van der Waals surface area contributed by atoms with Crippen molar-refractivity contribution in [2.45, 2.75) is 12.2 Å². The predicted octanol–water partition coefficient (Wildman–Crippen LogP) is 7.99. The standard InChI is InChI=1S/C36H29FN6O2S/c1-24-28(18-26-19-39-23-40-20-26)21-43(36(41-24)46-22-25-2-6-29(37)7-3-25)32-12-4-27(5-13-32)35(44)42-31-10-16-34(17-11-31)45-33-14-8-30(38)9-15-33/h2-17,19-21,23H,1,18,22,38H2,(H,42,44). The van der Waals surface area contributed by atoms with E-state index >= 15 is 0 Å². The van der Waals surface area contributed by atoms with Crippen molar-refractivity contribution in [2.24, 2.45) is 4.99 Å². The number of ether oxygens (including phenoxy) is 1. The summed E-state index contributed by atoms with van der Waals surface area (Å²) in [6, 6.07) is 28.0. The van der Waals surface area contributed by atoms with Gasteiger partial charge in [0.25, 0.3) is 5.91 Å². The van der Waals surface area contributed by atoms with E-state index in [1.54, 1.807) is 85.2 Å². The number of benzene rings is 4. The molecule has 0 radical (unpaired) electrons. The Bertz CT molecular complexity index is 1890. The Balaban J connectivity index is 1.16. The van der Waals surface area contributed by atoms with Crippen molar-refractivity contribution < 1.29 is 13.9 Å². The van der Waals surface area contributed by atoms with Gasteiger partial charge in [0, 0.05) is 53.4 Å². The Morgan fingerprint density at radius 3 is 2.20 bits per heavy atom. The van der Waals surface area contributed by atoms with Crippen LogP contribution in [0.4, 0.5) is 21.5 Å². The highest BCUT2D eigenvalue weighted by Gasteiger charge is 2.21. The van der Waals surface area contributed by atoms with E-state index in [-0.39, 0.29) is 11.7 Å². The summed E-state index contributed by atoms with van der Waals surface area (Å²) < 4.78 is 19.3. The van der Waals surface area contributed by atoms with Gasteiger partial charge in [0.15, 0.2) is 5.17 Å². The molecule has 6 rings (SSSR count). The highest BCUT2D eigenvalue weighted by molar-refractivity contribution is 8.13. The third kappa shape index (κ3) is 7.66. The van der Waals surface area contributed by atoms with Gasteiger partial charge < -0.3 is 15.8 Å². The molecule has 228 valence electrons. The number of nitrogens with two attached hydrogens (primary N) is 1. The van der Waals surface area contributed by atoms with Crippen molar-refractivity contribution >= 4 is 39.9 Å². The molecular formula is C36H29FN6O2S. The van der Waals surface area contributed by atoms with Crippen LogP contribution in [0.15, 0.2) is 145 Å². The van der Waals surface area contributed by atoms with Crippen molar-refractivity contribution in [2.75, 3.05) is 16.0 Å². The number of hydrogen-bond acceptors (Lipinski definition) is 8. The lowest BCUT2D eigenvalue weighted by atomic mass is 10.1. The molecule has 0 unspecified atom stereocenters. The molecule has 0 fully saturated rings. The number of allylic oxidation sites excluding steroid dienone is 1. The van der Waals surface area contributed by atoms with Crippen LogP contribution in [0.25, 0.3) is 0 Å². The second kappa shape index (κ2) is 13.9. The van der Waals surface area contributed by atoms with Gasteiger partial charge in [-0.05, 0) is 102 Å². The lowest BCUT2D eigenvalue weighted by Gasteiger charge is -2.28. The van der Waals surface area contributed by atoms with Crippen molar-refractivity contribution in [1.82, 2.24) is 9.97 Å². The van der Waals surface area contributed by atoms with Gasteiger partial charge in [-0.3, -0.25) is 9.69 Å². The summed E-state index contributed by atoms with van der Waals surface area (Å²) in [5, 5.41) is 3.64. The summed E-state index contributed by atoms with van der Waals surface area (Å²) in [5.74, 6) is 1.37. The Kier molecular flexibility index (Phi) is 9.17. The summed E-state index contributed by atoms with van der Waals surface area (Å²) in [4.78, 5) is 28.1. The number of nitrogen functional groups attached to an aromatic ring is 1. The lowest BCUT2D eigenvalue weighted by molar-refractivity contribution is 0.102. The van der Waals surface area contributed by atoms with Crippen molar-refractivity contribution in [3.63, 3.8) is 0 Å².